The molecule has 1 aromatic rings. The van der Waals surface area contributed by atoms with Crippen molar-refractivity contribution in [3.63, 3.8) is 0 Å². The van der Waals surface area contributed by atoms with Crippen LogP contribution in [0.25, 0.3) is 0 Å². The number of nitriles is 1. The second kappa shape index (κ2) is 6.86. The van der Waals surface area contributed by atoms with Gasteiger partial charge in [-0.1, -0.05) is 11.6 Å². The van der Waals surface area contributed by atoms with Gasteiger partial charge in [-0.15, -0.1) is 0 Å². The normalized spacial score (nSPS) is 11.0. The van der Waals surface area contributed by atoms with Crippen molar-refractivity contribution < 1.29 is 22.7 Å². The van der Waals surface area contributed by atoms with Crippen molar-refractivity contribution >= 4 is 29.3 Å². The van der Waals surface area contributed by atoms with Crippen LogP contribution in [0.4, 0.5) is 13.2 Å². The smallest absolute Gasteiger partial charge is 0.446 e. The molecule has 0 bridgehead atoms. The van der Waals surface area contributed by atoms with Gasteiger partial charge in [0.15, 0.2) is 0 Å². The van der Waals surface area contributed by atoms with Crippen LogP contribution in [0.1, 0.15) is 18.1 Å². The Hall–Kier alpha value is -1.39. The van der Waals surface area contributed by atoms with Crippen molar-refractivity contribution in [1.82, 2.24) is 0 Å². The van der Waals surface area contributed by atoms with Gasteiger partial charge in [0.1, 0.15) is 0 Å². The molecule has 108 valence electrons. The lowest BCUT2D eigenvalue weighted by molar-refractivity contribution is -0.142. The minimum Gasteiger partial charge on any atom is -0.466 e. The zero-order valence-electron chi connectivity index (χ0n) is 10.3. The van der Waals surface area contributed by atoms with Crippen LogP contribution in [0.2, 0.25) is 5.02 Å². The molecule has 1 aromatic carbocycles. The van der Waals surface area contributed by atoms with Gasteiger partial charge in [0.05, 0.1) is 24.7 Å². The summed E-state index contributed by atoms with van der Waals surface area (Å²) in [5, 5.41) is 8.89. The number of hydrogen-bond donors (Lipinski definition) is 0. The van der Waals surface area contributed by atoms with Gasteiger partial charge in [-0.3, -0.25) is 4.79 Å². The lowest BCUT2D eigenvalue weighted by atomic mass is 10.1. The molecule has 20 heavy (non-hydrogen) atoms. The maximum atomic E-state index is 12.3. The number of alkyl halides is 3. The Bertz CT molecular complexity index is 555. The molecule has 0 aromatic heterocycles. The van der Waals surface area contributed by atoms with Gasteiger partial charge in [0.2, 0.25) is 0 Å². The van der Waals surface area contributed by atoms with E-state index >= 15 is 0 Å². The van der Waals surface area contributed by atoms with Crippen LogP contribution in [0.5, 0.6) is 0 Å². The van der Waals surface area contributed by atoms with E-state index in [1.807, 2.05) is 0 Å². The number of esters is 1. The first kappa shape index (κ1) is 16.7. The number of carbonyl (C=O) groups excluding carboxylic acids is 1. The molecule has 0 amide bonds. The molecular formula is C12H9ClF3NO2S. The summed E-state index contributed by atoms with van der Waals surface area (Å²) in [6.45, 7) is 1.79. The summed E-state index contributed by atoms with van der Waals surface area (Å²) in [6.07, 6.45) is -0.257. The molecule has 1 rings (SSSR count). The molecule has 0 saturated heterocycles. The van der Waals surface area contributed by atoms with Crippen molar-refractivity contribution in [2.24, 2.45) is 0 Å². The molecule has 0 spiro atoms. The number of nitrogens with zero attached hydrogens (tertiary/aromatic N) is 1. The second-order valence-corrected chi connectivity index (χ2v) is 5.12. The fourth-order valence-corrected chi connectivity index (χ4v) is 2.41. The molecule has 0 aliphatic heterocycles. The second-order valence-electron chi connectivity index (χ2n) is 3.57. The molecule has 0 unspecified atom stereocenters. The third-order valence-electron chi connectivity index (χ3n) is 2.15. The van der Waals surface area contributed by atoms with Crippen LogP contribution in [0.15, 0.2) is 17.0 Å². The van der Waals surface area contributed by atoms with Crippen LogP contribution in [0, 0.1) is 11.3 Å². The first-order valence-electron chi connectivity index (χ1n) is 5.40. The number of hydrogen-bond acceptors (Lipinski definition) is 4. The first-order valence-corrected chi connectivity index (χ1v) is 6.60. The van der Waals surface area contributed by atoms with Gasteiger partial charge in [-0.05, 0) is 36.4 Å². The van der Waals surface area contributed by atoms with E-state index in [0.717, 1.165) is 12.1 Å². The van der Waals surface area contributed by atoms with Gasteiger partial charge in [0.25, 0.3) is 0 Å². The maximum Gasteiger partial charge on any atom is 0.446 e. The van der Waals surface area contributed by atoms with Gasteiger partial charge in [0, 0.05) is 9.92 Å². The summed E-state index contributed by atoms with van der Waals surface area (Å²) >= 11 is 5.48. The third kappa shape index (κ3) is 4.94. The average Bonchev–Trinajstić information content (AvgIpc) is 2.30. The largest absolute Gasteiger partial charge is 0.466 e. The molecule has 0 atom stereocenters. The summed E-state index contributed by atoms with van der Waals surface area (Å²) in [4.78, 5) is 11.2. The molecule has 0 radical (unpaired) electrons. The SMILES string of the molecule is CCOC(=O)Cc1c(Cl)cc(SC(F)(F)F)cc1C#N. The van der Waals surface area contributed by atoms with E-state index in [0.29, 0.717) is 0 Å². The molecular weight excluding hydrogens is 315 g/mol. The zero-order chi connectivity index (χ0) is 15.3. The van der Waals surface area contributed by atoms with Gasteiger partial charge < -0.3 is 4.74 Å². The van der Waals surface area contributed by atoms with Crippen molar-refractivity contribution in [2.45, 2.75) is 23.7 Å². The molecule has 0 aliphatic rings. The lowest BCUT2D eigenvalue weighted by Crippen LogP contribution is -2.09. The standard InChI is InChI=1S/C12H9ClF3NO2S/c1-2-19-11(18)5-9-7(6-17)3-8(4-10(9)13)20-12(14,15)16/h3-4H,2,5H2,1H3. The average molecular weight is 324 g/mol. The summed E-state index contributed by atoms with van der Waals surface area (Å²) in [6, 6.07) is 3.87. The molecule has 8 heteroatoms. The third-order valence-corrected chi connectivity index (χ3v) is 3.19. The van der Waals surface area contributed by atoms with Crippen LogP contribution < -0.4 is 0 Å². The maximum absolute atomic E-state index is 12.3. The Morgan fingerprint density at radius 2 is 2.15 bits per heavy atom. The van der Waals surface area contributed by atoms with E-state index in [-0.39, 0.29) is 45.8 Å². The van der Waals surface area contributed by atoms with Gasteiger partial charge in [-0.25, -0.2) is 0 Å². The number of ether oxygens (including phenoxy) is 1. The summed E-state index contributed by atoms with van der Waals surface area (Å²) in [5.74, 6) is -0.595. The van der Waals surface area contributed by atoms with Crippen LogP contribution in [-0.4, -0.2) is 18.1 Å². The van der Waals surface area contributed by atoms with Crippen molar-refractivity contribution in [3.8, 4) is 6.07 Å². The Morgan fingerprint density at radius 3 is 2.65 bits per heavy atom. The van der Waals surface area contributed by atoms with Gasteiger partial charge >= 0.3 is 11.5 Å². The van der Waals surface area contributed by atoms with Crippen LogP contribution in [0.3, 0.4) is 0 Å². The zero-order valence-corrected chi connectivity index (χ0v) is 11.8. The van der Waals surface area contributed by atoms with Crippen LogP contribution >= 0.6 is 23.4 Å². The Labute approximate surface area is 122 Å². The fraction of sp³-hybridized carbons (Fsp3) is 0.333. The monoisotopic (exact) mass is 323 g/mol. The van der Waals surface area contributed by atoms with Gasteiger partial charge in [-0.2, -0.15) is 18.4 Å². The van der Waals surface area contributed by atoms with E-state index in [1.54, 1.807) is 13.0 Å². The summed E-state index contributed by atoms with van der Waals surface area (Å²) in [5.41, 5.74) is -4.38. The van der Waals surface area contributed by atoms with Crippen molar-refractivity contribution in [1.29, 1.82) is 5.26 Å². The number of benzene rings is 1. The number of rotatable bonds is 4. The fourth-order valence-electron chi connectivity index (χ4n) is 1.44. The number of carbonyl (C=O) groups is 1. The molecule has 0 aliphatic carbocycles. The van der Waals surface area contributed by atoms with Crippen LogP contribution in [-0.2, 0) is 16.0 Å². The summed E-state index contributed by atoms with van der Waals surface area (Å²) < 4.78 is 41.6. The number of thioether (sulfide) groups is 1. The van der Waals surface area contributed by atoms with Crippen molar-refractivity contribution in [2.75, 3.05) is 6.61 Å². The highest BCUT2D eigenvalue weighted by Crippen LogP contribution is 2.39. The molecule has 0 saturated carbocycles. The Morgan fingerprint density at radius 1 is 1.50 bits per heavy atom. The van der Waals surface area contributed by atoms with Crippen molar-refractivity contribution in [3.05, 3.63) is 28.3 Å². The summed E-state index contributed by atoms with van der Waals surface area (Å²) in [7, 11) is 0. The molecule has 0 N–H and O–H groups in total. The predicted octanol–water partition coefficient (Wildman–Crippen LogP) is 3.93. The molecule has 3 nitrogen and oxygen atoms in total. The minimum atomic E-state index is -4.47. The highest BCUT2D eigenvalue weighted by Gasteiger charge is 2.30. The van der Waals surface area contributed by atoms with E-state index in [1.165, 1.54) is 0 Å². The minimum absolute atomic E-state index is 0.0659. The van der Waals surface area contributed by atoms with E-state index in [2.05, 4.69) is 0 Å². The topological polar surface area (TPSA) is 50.1 Å². The predicted molar refractivity (Wildman–Crippen MR) is 68.4 cm³/mol. The first-order chi connectivity index (χ1) is 9.26. The molecule has 0 heterocycles. The Kier molecular flexibility index (Phi) is 5.72. The molecule has 0 fully saturated rings. The van der Waals surface area contributed by atoms with E-state index < -0.39 is 11.5 Å². The van der Waals surface area contributed by atoms with E-state index in [4.69, 9.17) is 21.6 Å². The highest BCUT2D eigenvalue weighted by molar-refractivity contribution is 8.00. The number of halogens is 4. The highest BCUT2D eigenvalue weighted by atomic mass is 35.5. The van der Waals surface area contributed by atoms with E-state index in [9.17, 15) is 18.0 Å². The Balaban J connectivity index is 3.09. The lowest BCUT2D eigenvalue weighted by Gasteiger charge is -2.10. The quantitative estimate of drug-likeness (QED) is 0.622.